The number of carbonyl (C=O) groups is 2. The SMILES string of the molecule is C=C(C)C.C=C(C)C.C=CC.CC.CC=O.CCC.CCCCCCCCc1ccc(C(=O)OC2C=C(C)C(C3=CCC(OCCCCCCC)C=C3)=CC2)cc1. The zero-order valence-electron chi connectivity index (χ0n) is 39.6. The van der Waals surface area contributed by atoms with Crippen LogP contribution in [0, 0.1) is 0 Å². The van der Waals surface area contributed by atoms with Crippen LogP contribution in [0.15, 0.2) is 108 Å². The van der Waals surface area contributed by atoms with Crippen LogP contribution in [0.5, 0.6) is 0 Å². The van der Waals surface area contributed by atoms with Gasteiger partial charge in [0, 0.05) is 13.0 Å². The van der Waals surface area contributed by atoms with E-state index in [1.165, 1.54) is 105 Å². The first kappa shape index (κ1) is 60.2. The van der Waals surface area contributed by atoms with Crippen molar-refractivity contribution in [1.29, 1.82) is 0 Å². The highest BCUT2D eigenvalue weighted by Gasteiger charge is 2.20. The molecule has 0 N–H and O–H groups in total. The fourth-order valence-electron chi connectivity index (χ4n) is 5.25. The van der Waals surface area contributed by atoms with Gasteiger partial charge in [-0.25, -0.2) is 4.79 Å². The van der Waals surface area contributed by atoms with Crippen molar-refractivity contribution in [3.63, 3.8) is 0 Å². The van der Waals surface area contributed by atoms with E-state index in [0.29, 0.717) is 12.0 Å². The first-order valence-corrected chi connectivity index (χ1v) is 22.2. The summed E-state index contributed by atoms with van der Waals surface area (Å²) in [5, 5.41) is 0. The molecular formula is C53H90O4. The number of hydrogen-bond acceptors (Lipinski definition) is 4. The van der Waals surface area contributed by atoms with Crippen molar-refractivity contribution in [3.8, 4) is 0 Å². The Morgan fingerprint density at radius 1 is 0.754 bits per heavy atom. The Balaban J connectivity index is -0.000000622. The number of unbranched alkanes of at least 4 members (excludes halogenated alkanes) is 9. The van der Waals surface area contributed by atoms with E-state index in [4.69, 9.17) is 14.3 Å². The molecule has 0 spiro atoms. The van der Waals surface area contributed by atoms with Crippen LogP contribution in [0.25, 0.3) is 0 Å². The third-order valence-electron chi connectivity index (χ3n) is 7.63. The van der Waals surface area contributed by atoms with Crippen LogP contribution in [0.1, 0.15) is 196 Å². The van der Waals surface area contributed by atoms with Gasteiger partial charge in [0.15, 0.2) is 0 Å². The van der Waals surface area contributed by atoms with Crippen molar-refractivity contribution in [2.24, 2.45) is 0 Å². The number of aryl methyl sites for hydroxylation is 1. The number of hydrogen-bond donors (Lipinski definition) is 0. The highest BCUT2D eigenvalue weighted by Crippen LogP contribution is 2.30. The minimum Gasteiger partial charge on any atom is -0.454 e. The normalized spacial score (nSPS) is 14.5. The molecule has 57 heavy (non-hydrogen) atoms. The molecule has 0 aliphatic heterocycles. The second kappa shape index (κ2) is 45.2. The Morgan fingerprint density at radius 2 is 1.19 bits per heavy atom. The highest BCUT2D eigenvalue weighted by molar-refractivity contribution is 5.89. The molecule has 0 saturated carbocycles. The Hall–Kier alpha value is -3.50. The molecule has 0 fully saturated rings. The number of ether oxygens (including phenoxy) is 2. The predicted molar refractivity (Wildman–Crippen MR) is 255 cm³/mol. The van der Waals surface area contributed by atoms with Crippen molar-refractivity contribution < 1.29 is 19.1 Å². The Bertz CT molecular complexity index is 1230. The lowest BCUT2D eigenvalue weighted by Crippen LogP contribution is -2.19. The molecule has 0 heterocycles. The molecule has 4 nitrogen and oxygen atoms in total. The van der Waals surface area contributed by atoms with Crippen LogP contribution in [0.3, 0.4) is 0 Å². The molecule has 1 aromatic rings. The van der Waals surface area contributed by atoms with Gasteiger partial charge >= 0.3 is 5.97 Å². The van der Waals surface area contributed by atoms with Gasteiger partial charge in [0.05, 0.1) is 11.7 Å². The summed E-state index contributed by atoms with van der Waals surface area (Å²) in [7, 11) is 0. The zero-order valence-corrected chi connectivity index (χ0v) is 39.6. The number of esters is 1. The van der Waals surface area contributed by atoms with E-state index in [9.17, 15) is 4.79 Å². The summed E-state index contributed by atoms with van der Waals surface area (Å²) in [5.41, 5.74) is 7.91. The van der Waals surface area contributed by atoms with Crippen LogP contribution in [-0.2, 0) is 20.7 Å². The molecule has 2 aliphatic carbocycles. The Morgan fingerprint density at radius 3 is 1.63 bits per heavy atom. The van der Waals surface area contributed by atoms with E-state index in [2.05, 4.69) is 96.9 Å². The fourth-order valence-corrected chi connectivity index (χ4v) is 5.25. The fraction of sp³-hybridized carbons (Fsp3) is 0.585. The van der Waals surface area contributed by atoms with Crippen molar-refractivity contribution in [1.82, 2.24) is 0 Å². The number of rotatable bonds is 17. The standard InChI is InChI=1S/C35H50O3.2C4H8.C3H8.C3H6.C2H4O.C2H6/c1-4-6-8-10-11-13-15-29-16-18-31(19-17-29)35(36)38-33-24-25-34(28(3)27-33)30-20-22-32(23-21-30)37-26-14-12-9-7-5-2;2*1-4(2)3;2*1-3-2;1-2-3;1-2/h16-22,25,27,32-33H,4-15,23-24,26H2,1-3H3;2*1H2,2-3H3;3H2,1-2H3;3H,1H2,2H3;2H,1H3;1-2H3. The van der Waals surface area contributed by atoms with Gasteiger partial charge in [-0.05, 0) is 115 Å². The van der Waals surface area contributed by atoms with Crippen molar-refractivity contribution in [2.45, 2.75) is 199 Å². The van der Waals surface area contributed by atoms with Gasteiger partial charge in [0.1, 0.15) is 12.4 Å². The maximum Gasteiger partial charge on any atom is 0.338 e. The van der Waals surface area contributed by atoms with Gasteiger partial charge in [-0.1, -0.05) is 159 Å². The van der Waals surface area contributed by atoms with Crippen LogP contribution in [0.2, 0.25) is 0 Å². The summed E-state index contributed by atoms with van der Waals surface area (Å²) in [6, 6.07) is 7.98. The maximum absolute atomic E-state index is 12.8. The molecule has 3 rings (SSSR count). The van der Waals surface area contributed by atoms with Crippen molar-refractivity contribution in [2.75, 3.05) is 6.61 Å². The van der Waals surface area contributed by atoms with E-state index in [1.807, 2.05) is 60.6 Å². The second-order valence-corrected chi connectivity index (χ2v) is 14.7. The quantitative estimate of drug-likeness (QED) is 0.0682. The molecule has 0 radical (unpaired) electrons. The lowest BCUT2D eigenvalue weighted by Gasteiger charge is -2.23. The molecule has 1 aromatic carbocycles. The van der Waals surface area contributed by atoms with Crippen LogP contribution in [-0.4, -0.2) is 31.1 Å². The third kappa shape index (κ3) is 40.5. The highest BCUT2D eigenvalue weighted by atomic mass is 16.5. The molecular weight excluding hydrogens is 701 g/mol. The first-order chi connectivity index (χ1) is 27.3. The van der Waals surface area contributed by atoms with Gasteiger partial charge in [-0.15, -0.1) is 19.7 Å². The minimum absolute atomic E-state index is 0.185. The molecule has 0 saturated heterocycles. The average Bonchev–Trinajstić information content (AvgIpc) is 3.16. The van der Waals surface area contributed by atoms with Crippen LogP contribution in [0.4, 0.5) is 0 Å². The van der Waals surface area contributed by atoms with E-state index in [-0.39, 0.29) is 18.2 Å². The summed E-state index contributed by atoms with van der Waals surface area (Å²) in [5.74, 6) is -0.242. The lowest BCUT2D eigenvalue weighted by atomic mass is 9.88. The van der Waals surface area contributed by atoms with Gasteiger partial charge in [0.2, 0.25) is 0 Å². The molecule has 2 aliphatic rings. The third-order valence-corrected chi connectivity index (χ3v) is 7.63. The summed E-state index contributed by atoms with van der Waals surface area (Å²) in [4.78, 5) is 21.6. The molecule has 2 unspecified atom stereocenters. The smallest absolute Gasteiger partial charge is 0.338 e. The minimum atomic E-state index is -0.242. The van der Waals surface area contributed by atoms with Gasteiger partial charge in [0.25, 0.3) is 0 Å². The van der Waals surface area contributed by atoms with Gasteiger partial charge in [-0.2, -0.15) is 0 Å². The molecule has 0 amide bonds. The Labute approximate surface area is 354 Å². The molecule has 326 valence electrons. The first-order valence-electron chi connectivity index (χ1n) is 22.2. The van der Waals surface area contributed by atoms with Crippen LogP contribution >= 0.6 is 0 Å². The number of carbonyl (C=O) groups excluding carboxylic acids is 2. The summed E-state index contributed by atoms with van der Waals surface area (Å²) in [6.45, 7) is 37.4. The monoisotopic (exact) mass is 791 g/mol. The van der Waals surface area contributed by atoms with Crippen LogP contribution < -0.4 is 0 Å². The zero-order chi connectivity index (χ0) is 44.3. The Kier molecular flexibility index (Phi) is 47.7. The molecule has 0 bridgehead atoms. The number of aldehydes is 1. The molecule has 4 heteroatoms. The molecule has 0 aromatic heterocycles. The van der Waals surface area contributed by atoms with E-state index in [0.717, 1.165) is 37.7 Å². The maximum atomic E-state index is 12.8. The van der Waals surface area contributed by atoms with Gasteiger partial charge in [-0.3, -0.25) is 0 Å². The second-order valence-electron chi connectivity index (χ2n) is 14.7. The summed E-state index contributed by atoms with van der Waals surface area (Å²) in [6.07, 6.45) is 31.5. The average molecular weight is 791 g/mol. The molecule has 2 atom stereocenters. The summed E-state index contributed by atoms with van der Waals surface area (Å²) >= 11 is 0. The lowest BCUT2D eigenvalue weighted by molar-refractivity contribution is -0.106. The largest absolute Gasteiger partial charge is 0.454 e. The van der Waals surface area contributed by atoms with E-state index < -0.39 is 0 Å². The predicted octanol–water partition coefficient (Wildman–Crippen LogP) is 16.6. The number of allylic oxidation sites excluding steroid dienone is 7. The van der Waals surface area contributed by atoms with E-state index >= 15 is 0 Å². The number of benzene rings is 1. The topological polar surface area (TPSA) is 52.6 Å². The van der Waals surface area contributed by atoms with Crippen molar-refractivity contribution in [3.05, 3.63) is 119 Å². The van der Waals surface area contributed by atoms with E-state index in [1.54, 1.807) is 6.08 Å². The summed E-state index contributed by atoms with van der Waals surface area (Å²) < 4.78 is 11.9. The van der Waals surface area contributed by atoms with Gasteiger partial charge < -0.3 is 14.3 Å². The van der Waals surface area contributed by atoms with Crippen molar-refractivity contribution >= 4 is 12.3 Å².